The van der Waals surface area contributed by atoms with Crippen molar-refractivity contribution >= 4 is 28.6 Å². The number of rotatable bonds is 9. The summed E-state index contributed by atoms with van der Waals surface area (Å²) in [5, 5.41) is 4.26. The van der Waals surface area contributed by atoms with Crippen molar-refractivity contribution in [2.45, 2.75) is 32.7 Å². The van der Waals surface area contributed by atoms with Crippen molar-refractivity contribution in [3.8, 4) is 11.5 Å². The van der Waals surface area contributed by atoms with E-state index in [0.29, 0.717) is 54.4 Å². The van der Waals surface area contributed by atoms with Crippen molar-refractivity contribution in [3.05, 3.63) is 35.2 Å². The van der Waals surface area contributed by atoms with E-state index in [0.717, 1.165) is 56.9 Å². The first-order valence-electron chi connectivity index (χ1n) is 13.1. The minimum absolute atomic E-state index is 0.135. The molecule has 0 aliphatic carbocycles. The van der Waals surface area contributed by atoms with Gasteiger partial charge in [0.1, 0.15) is 11.3 Å². The third-order valence-electron chi connectivity index (χ3n) is 6.69. The lowest BCUT2D eigenvalue weighted by atomic mass is 10.1. The van der Waals surface area contributed by atoms with Crippen molar-refractivity contribution < 1.29 is 19.0 Å². The Kier molecular flexibility index (Phi) is 7.99. The molecule has 1 amide bonds. The van der Waals surface area contributed by atoms with Gasteiger partial charge >= 0.3 is 0 Å². The maximum atomic E-state index is 13.3. The maximum absolute atomic E-state index is 13.3. The van der Waals surface area contributed by atoms with Crippen LogP contribution in [-0.2, 0) is 17.7 Å². The molecule has 38 heavy (non-hydrogen) atoms. The quantitative estimate of drug-likeness (QED) is 0.398. The zero-order valence-electron chi connectivity index (χ0n) is 21.9. The second-order valence-corrected chi connectivity index (χ2v) is 9.24. The maximum Gasteiger partial charge on any atom is 0.283 e. The van der Waals surface area contributed by atoms with Crippen LogP contribution < -0.4 is 26.1 Å². The van der Waals surface area contributed by atoms with Gasteiger partial charge in [-0.3, -0.25) is 14.3 Å². The van der Waals surface area contributed by atoms with Crippen LogP contribution in [0, 0.1) is 0 Å². The van der Waals surface area contributed by atoms with Gasteiger partial charge in [-0.15, -0.1) is 0 Å². The Labute approximate surface area is 220 Å². The number of nitrogens with one attached hydrogen (secondary N) is 1. The first-order chi connectivity index (χ1) is 18.6. The third-order valence-corrected chi connectivity index (χ3v) is 6.69. The number of ether oxygens (including phenoxy) is 3. The summed E-state index contributed by atoms with van der Waals surface area (Å²) in [6.45, 7) is 8.30. The van der Waals surface area contributed by atoms with Crippen LogP contribution in [0.3, 0.4) is 0 Å². The number of benzene rings is 1. The summed E-state index contributed by atoms with van der Waals surface area (Å²) < 4.78 is 19.2. The van der Waals surface area contributed by atoms with Gasteiger partial charge in [0.15, 0.2) is 11.5 Å². The van der Waals surface area contributed by atoms with E-state index in [9.17, 15) is 4.79 Å². The number of aromatic nitrogens is 4. The van der Waals surface area contributed by atoms with Crippen LogP contribution in [0.15, 0.2) is 23.3 Å². The topological polar surface area (TPSA) is 142 Å². The number of amides is 1. The zero-order chi connectivity index (χ0) is 26.5. The standard InChI is InChI=1S/C26H34N8O4/c1-3-5-19-18(16-29-25(27)30-19)24(35)32-26-31-21-17(23-28-8-10-34(23)26)6-7-20(22(21)36-2)38-13-4-9-33-11-14-37-15-12-33/h6-7,16,28H,3-5,8-15H2,1-2H3,(H2,27,29,30). The number of hydrogen-bond acceptors (Lipinski definition) is 10. The van der Waals surface area contributed by atoms with Gasteiger partial charge in [0, 0.05) is 44.3 Å². The normalized spacial score (nSPS) is 15.9. The highest BCUT2D eigenvalue weighted by Gasteiger charge is 2.22. The van der Waals surface area contributed by atoms with Crippen LogP contribution in [0.5, 0.6) is 11.5 Å². The molecule has 3 N–H and O–H groups in total. The molecule has 5 rings (SSSR count). The highest BCUT2D eigenvalue weighted by Crippen LogP contribution is 2.37. The van der Waals surface area contributed by atoms with Crippen LogP contribution in [0.2, 0.25) is 0 Å². The van der Waals surface area contributed by atoms with Crippen molar-refractivity contribution in [2.75, 3.05) is 64.2 Å². The minimum Gasteiger partial charge on any atom is -0.491 e. The summed E-state index contributed by atoms with van der Waals surface area (Å²) in [5.41, 5.74) is 7.52. The molecule has 2 aromatic heterocycles. The third kappa shape index (κ3) is 5.41. The second-order valence-electron chi connectivity index (χ2n) is 9.24. The van der Waals surface area contributed by atoms with E-state index in [1.165, 1.54) is 6.20 Å². The van der Waals surface area contributed by atoms with Crippen LogP contribution >= 0.6 is 0 Å². The molecule has 1 fully saturated rings. The average molecular weight is 523 g/mol. The van der Waals surface area contributed by atoms with Crippen molar-refractivity contribution in [2.24, 2.45) is 4.99 Å². The molecule has 12 nitrogen and oxygen atoms in total. The molecule has 0 bridgehead atoms. The predicted octanol–water partition coefficient (Wildman–Crippen LogP) is 1.64. The monoisotopic (exact) mass is 522 g/mol. The number of carbonyl (C=O) groups is 1. The Balaban J connectivity index is 1.46. The van der Waals surface area contributed by atoms with E-state index in [2.05, 4.69) is 25.2 Å². The van der Waals surface area contributed by atoms with Gasteiger partial charge in [-0.25, -0.2) is 15.0 Å². The van der Waals surface area contributed by atoms with Crippen molar-refractivity contribution in [1.82, 2.24) is 24.4 Å². The summed E-state index contributed by atoms with van der Waals surface area (Å²) in [6, 6.07) is 3.87. The molecule has 0 saturated carbocycles. The van der Waals surface area contributed by atoms with E-state index in [1.54, 1.807) is 7.11 Å². The molecule has 2 aliphatic rings. The number of morpholine rings is 1. The Morgan fingerprint density at radius 1 is 1.24 bits per heavy atom. The highest BCUT2D eigenvalue weighted by atomic mass is 16.5. The summed E-state index contributed by atoms with van der Waals surface area (Å²) in [4.78, 5) is 33.1. The first-order valence-corrected chi connectivity index (χ1v) is 13.1. The van der Waals surface area contributed by atoms with Gasteiger partial charge in [0.2, 0.25) is 11.6 Å². The van der Waals surface area contributed by atoms with Crippen molar-refractivity contribution in [3.63, 3.8) is 0 Å². The molecule has 202 valence electrons. The summed E-state index contributed by atoms with van der Waals surface area (Å²) in [7, 11) is 1.59. The molecule has 0 spiro atoms. The summed E-state index contributed by atoms with van der Waals surface area (Å²) >= 11 is 0. The molecule has 0 unspecified atom stereocenters. The largest absolute Gasteiger partial charge is 0.491 e. The fourth-order valence-electron chi connectivity index (χ4n) is 4.83. The molecule has 0 atom stereocenters. The Morgan fingerprint density at radius 3 is 2.87 bits per heavy atom. The predicted molar refractivity (Wildman–Crippen MR) is 142 cm³/mol. The average Bonchev–Trinajstić information content (AvgIpc) is 3.42. The molecule has 1 aromatic carbocycles. The summed E-state index contributed by atoms with van der Waals surface area (Å²) in [5.74, 6) is 1.62. The number of nitrogens with zero attached hydrogens (tertiary/aromatic N) is 6. The Hall–Kier alpha value is -3.77. The molecular formula is C26H34N8O4. The van der Waals surface area contributed by atoms with Gasteiger partial charge < -0.3 is 25.3 Å². The smallest absolute Gasteiger partial charge is 0.283 e. The molecule has 2 aliphatic heterocycles. The van der Waals surface area contributed by atoms with Gasteiger partial charge in [0.05, 0.1) is 38.2 Å². The lowest BCUT2D eigenvalue weighted by Crippen LogP contribution is -2.37. The number of fused-ring (bicyclic) bond motifs is 3. The van der Waals surface area contributed by atoms with E-state index < -0.39 is 5.91 Å². The van der Waals surface area contributed by atoms with Crippen LogP contribution in [-0.4, -0.2) is 83.4 Å². The number of aryl methyl sites for hydroxylation is 1. The van der Waals surface area contributed by atoms with E-state index in [1.807, 2.05) is 23.6 Å². The SMILES string of the molecule is CCCc1nc(N)ncc1C(=O)N=c1nc2c(OC)c(OCCCN3CCOCC3)ccc2c2n1CCN2. The number of nitrogen functional groups attached to an aromatic ring is 1. The van der Waals surface area contributed by atoms with Crippen LogP contribution in [0.4, 0.5) is 11.8 Å². The van der Waals surface area contributed by atoms with Gasteiger partial charge in [-0.2, -0.15) is 4.99 Å². The van der Waals surface area contributed by atoms with Gasteiger partial charge in [-0.05, 0) is 25.0 Å². The minimum atomic E-state index is -0.462. The molecule has 0 radical (unpaired) electrons. The van der Waals surface area contributed by atoms with Crippen LogP contribution in [0.1, 0.15) is 35.8 Å². The highest BCUT2D eigenvalue weighted by molar-refractivity contribution is 5.97. The first kappa shape index (κ1) is 25.9. The molecule has 3 aromatic rings. The lowest BCUT2D eigenvalue weighted by Gasteiger charge is -2.26. The molecule has 12 heteroatoms. The lowest BCUT2D eigenvalue weighted by molar-refractivity contribution is 0.0357. The van der Waals surface area contributed by atoms with E-state index in [4.69, 9.17) is 24.9 Å². The number of carbonyl (C=O) groups excluding carboxylic acids is 1. The fraction of sp³-hybridized carbons (Fsp3) is 0.500. The van der Waals surface area contributed by atoms with Gasteiger partial charge in [-0.1, -0.05) is 13.3 Å². The molecule has 1 saturated heterocycles. The van der Waals surface area contributed by atoms with Crippen LogP contribution in [0.25, 0.3) is 10.9 Å². The fourth-order valence-corrected chi connectivity index (χ4v) is 4.83. The van der Waals surface area contributed by atoms with E-state index >= 15 is 0 Å². The molecule has 4 heterocycles. The number of anilines is 2. The summed E-state index contributed by atoms with van der Waals surface area (Å²) in [6.07, 6.45) is 3.73. The number of nitrogens with two attached hydrogens (primary N) is 1. The van der Waals surface area contributed by atoms with Crippen molar-refractivity contribution in [1.29, 1.82) is 0 Å². The second kappa shape index (κ2) is 11.7. The van der Waals surface area contributed by atoms with Gasteiger partial charge in [0.25, 0.3) is 5.91 Å². The Morgan fingerprint density at radius 2 is 2.08 bits per heavy atom. The molecular weight excluding hydrogens is 488 g/mol. The zero-order valence-corrected chi connectivity index (χ0v) is 21.9. The van der Waals surface area contributed by atoms with E-state index in [-0.39, 0.29) is 11.6 Å². The number of methoxy groups -OCH3 is 1. The number of hydrogen-bond donors (Lipinski definition) is 2. The Bertz CT molecular complexity index is 1380.